The molecule has 4 aliphatic rings. The van der Waals surface area contributed by atoms with Crippen LogP contribution in [0, 0.1) is 11.3 Å². The molecule has 3 fully saturated rings. The normalized spacial score (nSPS) is 20.2. The summed E-state index contributed by atoms with van der Waals surface area (Å²) in [5.41, 5.74) is 2.91. The lowest BCUT2D eigenvalue weighted by atomic mass is 10.0. The average molecular weight is 673 g/mol. The van der Waals surface area contributed by atoms with Crippen molar-refractivity contribution in [3.8, 4) is 12.1 Å². The largest absolute Gasteiger partial charge is 0.461 e. The van der Waals surface area contributed by atoms with Gasteiger partial charge in [-0.2, -0.15) is 15.2 Å². The quantitative estimate of drug-likeness (QED) is 0.219. The molecule has 1 saturated carbocycles. The highest BCUT2D eigenvalue weighted by Gasteiger charge is 2.34. The van der Waals surface area contributed by atoms with Crippen molar-refractivity contribution in [1.82, 2.24) is 24.8 Å². The summed E-state index contributed by atoms with van der Waals surface area (Å²) in [5.74, 6) is 0.746. The van der Waals surface area contributed by atoms with Gasteiger partial charge in [-0.15, -0.1) is 0 Å². The molecule has 1 aliphatic carbocycles. The molecule has 252 valence electrons. The fourth-order valence-corrected chi connectivity index (χ4v) is 6.99. The Kier molecular flexibility index (Phi) is 10.2. The number of hydrogen-bond donors (Lipinski definition) is 0. The third kappa shape index (κ3) is 7.50. The molecule has 0 spiro atoms. The van der Waals surface area contributed by atoms with Crippen LogP contribution in [0.1, 0.15) is 30.5 Å². The Morgan fingerprint density at radius 3 is 2.79 bits per heavy atom. The number of nitriles is 1. The zero-order chi connectivity index (χ0) is 32.9. The molecular formula is C35H41ClN8O4. The van der Waals surface area contributed by atoms with Crippen molar-refractivity contribution in [3.63, 3.8) is 0 Å². The van der Waals surface area contributed by atoms with Crippen molar-refractivity contribution >= 4 is 39.8 Å². The Labute approximate surface area is 285 Å². The number of carbonyl (C=O) groups is 1. The number of anilines is 2. The van der Waals surface area contributed by atoms with Gasteiger partial charge in [0.25, 0.3) is 0 Å². The van der Waals surface area contributed by atoms with Crippen LogP contribution in [-0.4, -0.2) is 115 Å². The molecular weight excluding hydrogens is 632 g/mol. The fraction of sp³-hybridized carbons (Fsp3) is 0.514. The number of amides is 1. The minimum absolute atomic E-state index is 0.0643. The number of carbonyl (C=O) groups excluding carboxylic acids is 1. The highest BCUT2D eigenvalue weighted by Crippen LogP contribution is 2.37. The fourth-order valence-electron chi connectivity index (χ4n) is 6.71. The summed E-state index contributed by atoms with van der Waals surface area (Å²) in [6.07, 6.45) is 10.8. The van der Waals surface area contributed by atoms with Gasteiger partial charge in [-0.25, -0.2) is 0 Å². The van der Waals surface area contributed by atoms with Crippen LogP contribution in [0.5, 0.6) is 6.01 Å². The van der Waals surface area contributed by atoms with E-state index >= 15 is 0 Å². The predicted octanol–water partition coefficient (Wildman–Crippen LogP) is 3.62. The lowest BCUT2D eigenvalue weighted by molar-refractivity contribution is -0.128. The predicted molar refractivity (Wildman–Crippen MR) is 182 cm³/mol. The molecule has 2 saturated heterocycles. The summed E-state index contributed by atoms with van der Waals surface area (Å²) in [6, 6.07) is 8.21. The van der Waals surface area contributed by atoms with Gasteiger partial charge < -0.3 is 28.9 Å². The van der Waals surface area contributed by atoms with E-state index in [0.717, 1.165) is 66.0 Å². The van der Waals surface area contributed by atoms with Gasteiger partial charge in [0.1, 0.15) is 12.4 Å². The molecule has 1 amide bonds. The number of benzene rings is 1. The monoisotopic (exact) mass is 672 g/mol. The van der Waals surface area contributed by atoms with E-state index < -0.39 is 0 Å². The zero-order valence-electron chi connectivity index (χ0n) is 27.1. The van der Waals surface area contributed by atoms with Gasteiger partial charge >= 0.3 is 6.01 Å². The summed E-state index contributed by atoms with van der Waals surface area (Å²) in [6.45, 7) is 7.56. The van der Waals surface area contributed by atoms with E-state index in [4.69, 9.17) is 35.8 Å². The van der Waals surface area contributed by atoms with Gasteiger partial charge in [0.15, 0.2) is 0 Å². The lowest BCUT2D eigenvalue weighted by Crippen LogP contribution is -2.55. The van der Waals surface area contributed by atoms with E-state index in [9.17, 15) is 10.1 Å². The number of fused-ring (bicyclic) bond motifs is 2. The Balaban J connectivity index is 1.11. The Morgan fingerprint density at radius 1 is 1.08 bits per heavy atom. The van der Waals surface area contributed by atoms with Crippen molar-refractivity contribution in [2.24, 2.45) is 0 Å². The molecule has 0 N–H and O–H groups in total. The van der Waals surface area contributed by atoms with Crippen molar-refractivity contribution in [1.29, 1.82) is 5.26 Å². The van der Waals surface area contributed by atoms with E-state index in [1.54, 1.807) is 6.08 Å². The summed E-state index contributed by atoms with van der Waals surface area (Å²) < 4.78 is 17.3. The van der Waals surface area contributed by atoms with E-state index in [-0.39, 0.29) is 18.4 Å². The lowest BCUT2D eigenvalue weighted by Gasteiger charge is -2.42. The van der Waals surface area contributed by atoms with Crippen LogP contribution in [0.4, 0.5) is 11.5 Å². The van der Waals surface area contributed by atoms with Gasteiger partial charge in [-0.05, 0) is 25.3 Å². The maximum absolute atomic E-state index is 13.3. The number of aromatic nitrogens is 3. The molecule has 1 atom stereocenters. The molecule has 3 aromatic rings. The maximum atomic E-state index is 13.3. The van der Waals surface area contributed by atoms with E-state index in [0.29, 0.717) is 82.7 Å². The number of halogens is 1. The number of pyridine rings is 1. The second-order valence-corrected chi connectivity index (χ2v) is 13.1. The minimum Gasteiger partial charge on any atom is -0.461 e. The molecule has 7 rings (SSSR count). The van der Waals surface area contributed by atoms with Crippen LogP contribution < -0.4 is 14.5 Å². The van der Waals surface area contributed by atoms with Crippen LogP contribution in [0.3, 0.4) is 0 Å². The number of piperazine rings is 1. The Bertz CT molecular complexity index is 1680. The summed E-state index contributed by atoms with van der Waals surface area (Å²) in [7, 11) is 0. The van der Waals surface area contributed by atoms with Crippen LogP contribution >= 0.6 is 11.6 Å². The minimum atomic E-state index is -0.268. The van der Waals surface area contributed by atoms with Crippen LogP contribution in [0.25, 0.3) is 10.8 Å². The Morgan fingerprint density at radius 2 is 1.96 bits per heavy atom. The summed E-state index contributed by atoms with van der Waals surface area (Å²) in [4.78, 5) is 36.2. The van der Waals surface area contributed by atoms with Gasteiger partial charge in [0, 0.05) is 74.4 Å². The first-order valence-electron chi connectivity index (χ1n) is 16.9. The maximum Gasteiger partial charge on any atom is 0.318 e. The van der Waals surface area contributed by atoms with Crippen molar-refractivity contribution in [2.45, 2.75) is 44.4 Å². The summed E-state index contributed by atoms with van der Waals surface area (Å²) in [5, 5.41) is 12.4. The van der Waals surface area contributed by atoms with Crippen molar-refractivity contribution in [2.75, 3.05) is 82.0 Å². The van der Waals surface area contributed by atoms with Gasteiger partial charge in [0.05, 0.1) is 73.6 Å². The second-order valence-electron chi connectivity index (χ2n) is 12.7. The van der Waals surface area contributed by atoms with Gasteiger partial charge in [0.2, 0.25) is 5.91 Å². The molecule has 48 heavy (non-hydrogen) atoms. The number of rotatable bonds is 11. The number of ether oxygens (including phenoxy) is 3. The molecule has 12 nitrogen and oxygen atoms in total. The first-order chi connectivity index (χ1) is 23.6. The number of morpholine rings is 1. The standard InChI is InChI=1S/C35H41ClN8O4/c36-29-4-1-3-25-21-38-22-31(33(25)29)42-12-9-28-30(24-42)39-35(48-20-19-47-27-6-7-27)40-34(28)43-13-14-44(26(23-43)8-10-37)32(45)5-2-11-41-15-17-46-18-16-41/h1-5,21-22,26-27H,6-9,11-20,23-24H2/b5-2+/t26-/m0/s1. The molecule has 0 bridgehead atoms. The number of nitrogens with zero attached hydrogens (tertiary/aromatic N) is 8. The van der Waals surface area contributed by atoms with E-state index in [1.807, 2.05) is 41.6 Å². The average Bonchev–Trinajstić information content (AvgIpc) is 3.95. The topological polar surface area (TPSA) is 120 Å². The molecule has 0 unspecified atom stereocenters. The first-order valence-corrected chi connectivity index (χ1v) is 17.3. The third-order valence-electron chi connectivity index (χ3n) is 9.39. The Hall–Kier alpha value is -4.02. The number of hydrogen-bond acceptors (Lipinski definition) is 11. The highest BCUT2D eigenvalue weighted by molar-refractivity contribution is 6.36. The second kappa shape index (κ2) is 15.0. The van der Waals surface area contributed by atoms with Crippen LogP contribution in [0.15, 0.2) is 42.7 Å². The molecule has 13 heteroatoms. The SMILES string of the molecule is N#CC[C@H]1CN(c2nc(OCCOC3CC3)nc3c2CCN(c2cncc4cccc(Cl)c24)C3)CCN1C(=O)/C=C/CN1CCOCC1. The van der Waals surface area contributed by atoms with Gasteiger partial charge in [-0.1, -0.05) is 29.8 Å². The van der Waals surface area contributed by atoms with Crippen LogP contribution in [0.2, 0.25) is 5.02 Å². The first kappa shape index (κ1) is 32.5. The molecule has 3 aliphatic heterocycles. The zero-order valence-corrected chi connectivity index (χ0v) is 27.9. The third-order valence-corrected chi connectivity index (χ3v) is 9.70. The smallest absolute Gasteiger partial charge is 0.318 e. The van der Waals surface area contributed by atoms with Crippen molar-refractivity contribution < 1.29 is 19.0 Å². The summed E-state index contributed by atoms with van der Waals surface area (Å²) >= 11 is 6.69. The van der Waals surface area contributed by atoms with Gasteiger partial charge in [-0.3, -0.25) is 14.7 Å². The molecule has 2 aromatic heterocycles. The van der Waals surface area contributed by atoms with E-state index in [2.05, 4.69) is 25.8 Å². The van der Waals surface area contributed by atoms with Crippen molar-refractivity contribution in [3.05, 3.63) is 59.0 Å². The molecule has 0 radical (unpaired) electrons. The molecule has 1 aromatic carbocycles. The van der Waals surface area contributed by atoms with E-state index in [1.165, 1.54) is 0 Å². The molecule has 5 heterocycles. The van der Waals surface area contributed by atoms with Crippen LogP contribution in [-0.2, 0) is 27.2 Å². The highest BCUT2D eigenvalue weighted by atomic mass is 35.5.